The van der Waals surface area contributed by atoms with Crippen LogP contribution in [0, 0.1) is 0 Å². The minimum atomic E-state index is 0.181. The molecule has 0 aliphatic rings. The second-order valence-corrected chi connectivity index (χ2v) is 4.12. The Kier molecular flexibility index (Phi) is 3.94. The lowest BCUT2D eigenvalue weighted by Gasteiger charge is -2.05. The van der Waals surface area contributed by atoms with E-state index in [0.29, 0.717) is 6.42 Å². The van der Waals surface area contributed by atoms with Crippen molar-refractivity contribution in [1.29, 1.82) is 0 Å². The molecule has 0 fully saturated rings. The van der Waals surface area contributed by atoms with Crippen LogP contribution in [0.25, 0.3) is 11.1 Å². The van der Waals surface area contributed by atoms with Crippen LogP contribution in [-0.4, -0.2) is 21.5 Å². The van der Waals surface area contributed by atoms with Crippen molar-refractivity contribution < 1.29 is 5.11 Å². The molecule has 2 rings (SSSR count). The highest BCUT2D eigenvalue weighted by Crippen LogP contribution is 2.23. The summed E-state index contributed by atoms with van der Waals surface area (Å²) in [6, 6.07) is 8.17. The van der Waals surface area contributed by atoms with Gasteiger partial charge in [-0.1, -0.05) is 31.2 Å². The van der Waals surface area contributed by atoms with Crippen molar-refractivity contribution in [1.82, 2.24) is 9.78 Å². The monoisotopic (exact) mass is 230 g/mol. The summed E-state index contributed by atoms with van der Waals surface area (Å²) < 4.78 is 1.96. The highest BCUT2D eigenvalue weighted by atomic mass is 16.2. The second kappa shape index (κ2) is 5.64. The predicted molar refractivity (Wildman–Crippen MR) is 68.7 cm³/mol. The summed E-state index contributed by atoms with van der Waals surface area (Å²) in [7, 11) is 0. The Morgan fingerprint density at radius 1 is 1.29 bits per heavy atom. The standard InChI is InChI=1S/C14H18N2O/c1-2-8-16-11-13(10-15-16)14-6-4-3-5-12(14)7-9-17/h3-6,10-11,17H,2,7-9H2,1H3. The number of aliphatic hydroxyl groups is 1. The van der Waals surface area contributed by atoms with E-state index in [0.717, 1.165) is 18.5 Å². The van der Waals surface area contributed by atoms with Gasteiger partial charge in [-0.2, -0.15) is 5.10 Å². The fourth-order valence-corrected chi connectivity index (χ4v) is 1.99. The van der Waals surface area contributed by atoms with Crippen molar-refractivity contribution in [3.05, 3.63) is 42.2 Å². The van der Waals surface area contributed by atoms with Crippen LogP contribution in [0.1, 0.15) is 18.9 Å². The maximum Gasteiger partial charge on any atom is 0.0568 e. The predicted octanol–water partition coefficient (Wildman–Crippen LogP) is 2.49. The molecule has 90 valence electrons. The second-order valence-electron chi connectivity index (χ2n) is 4.12. The van der Waals surface area contributed by atoms with Gasteiger partial charge >= 0.3 is 0 Å². The molecule has 2 aromatic rings. The van der Waals surface area contributed by atoms with Crippen molar-refractivity contribution in [2.75, 3.05) is 6.61 Å². The minimum absolute atomic E-state index is 0.181. The van der Waals surface area contributed by atoms with E-state index >= 15 is 0 Å². The quantitative estimate of drug-likeness (QED) is 0.857. The molecule has 17 heavy (non-hydrogen) atoms. The van der Waals surface area contributed by atoms with Crippen molar-refractivity contribution in [3.63, 3.8) is 0 Å². The molecule has 0 atom stereocenters. The van der Waals surface area contributed by atoms with Gasteiger partial charge in [0.15, 0.2) is 0 Å². The molecule has 1 aromatic heterocycles. The van der Waals surface area contributed by atoms with Gasteiger partial charge in [-0.15, -0.1) is 0 Å². The molecule has 1 N–H and O–H groups in total. The molecule has 0 aliphatic carbocycles. The largest absolute Gasteiger partial charge is 0.396 e. The zero-order valence-electron chi connectivity index (χ0n) is 10.1. The maximum atomic E-state index is 9.06. The lowest BCUT2D eigenvalue weighted by molar-refractivity contribution is 0.300. The molecule has 3 nitrogen and oxygen atoms in total. The molecule has 0 amide bonds. The van der Waals surface area contributed by atoms with E-state index in [4.69, 9.17) is 5.11 Å². The lowest BCUT2D eigenvalue weighted by atomic mass is 10.0. The Balaban J connectivity index is 2.31. The fraction of sp³-hybridized carbons (Fsp3) is 0.357. The van der Waals surface area contributed by atoms with Gasteiger partial charge in [0.05, 0.1) is 6.20 Å². The Hall–Kier alpha value is -1.61. The smallest absolute Gasteiger partial charge is 0.0568 e. The molecular formula is C14H18N2O. The zero-order valence-corrected chi connectivity index (χ0v) is 10.1. The number of hydrogen-bond acceptors (Lipinski definition) is 2. The summed E-state index contributed by atoms with van der Waals surface area (Å²) in [5, 5.41) is 13.4. The average molecular weight is 230 g/mol. The number of rotatable bonds is 5. The third kappa shape index (κ3) is 2.74. The van der Waals surface area contributed by atoms with Gasteiger partial charge < -0.3 is 5.11 Å². The van der Waals surface area contributed by atoms with Crippen molar-refractivity contribution in [2.24, 2.45) is 0 Å². The van der Waals surface area contributed by atoms with Crippen LogP contribution in [0.15, 0.2) is 36.7 Å². The Bertz CT molecular complexity index is 477. The first kappa shape index (κ1) is 11.9. The molecular weight excluding hydrogens is 212 g/mol. The number of benzene rings is 1. The van der Waals surface area contributed by atoms with Crippen molar-refractivity contribution in [3.8, 4) is 11.1 Å². The highest BCUT2D eigenvalue weighted by molar-refractivity contribution is 5.65. The van der Waals surface area contributed by atoms with E-state index in [1.807, 2.05) is 23.0 Å². The molecule has 1 heterocycles. The number of aromatic nitrogens is 2. The Labute approximate surface area is 102 Å². The number of aryl methyl sites for hydroxylation is 1. The molecule has 3 heteroatoms. The van der Waals surface area contributed by atoms with E-state index in [1.54, 1.807) is 0 Å². The minimum Gasteiger partial charge on any atom is -0.396 e. The number of aliphatic hydroxyl groups excluding tert-OH is 1. The highest BCUT2D eigenvalue weighted by Gasteiger charge is 2.06. The van der Waals surface area contributed by atoms with E-state index in [1.165, 1.54) is 11.1 Å². The van der Waals surface area contributed by atoms with Gasteiger partial charge in [0.2, 0.25) is 0 Å². The molecule has 0 saturated heterocycles. The fourth-order valence-electron chi connectivity index (χ4n) is 1.99. The summed E-state index contributed by atoms with van der Waals surface area (Å²) in [6.45, 7) is 3.27. The first-order chi connectivity index (χ1) is 8.35. The molecule has 1 aromatic carbocycles. The van der Waals surface area contributed by atoms with Crippen LogP contribution in [0.5, 0.6) is 0 Å². The molecule has 0 radical (unpaired) electrons. The van der Waals surface area contributed by atoms with Gasteiger partial charge in [-0.25, -0.2) is 0 Å². The van der Waals surface area contributed by atoms with Gasteiger partial charge in [0.1, 0.15) is 0 Å². The van der Waals surface area contributed by atoms with Gasteiger partial charge in [-0.3, -0.25) is 4.68 Å². The number of nitrogens with zero attached hydrogens (tertiary/aromatic N) is 2. The van der Waals surface area contributed by atoms with Gasteiger partial charge in [-0.05, 0) is 24.0 Å². The molecule has 0 aliphatic heterocycles. The van der Waals surface area contributed by atoms with E-state index in [9.17, 15) is 0 Å². The van der Waals surface area contributed by atoms with Gasteiger partial charge in [0, 0.05) is 24.9 Å². The summed E-state index contributed by atoms with van der Waals surface area (Å²) in [4.78, 5) is 0. The Morgan fingerprint density at radius 3 is 2.88 bits per heavy atom. The van der Waals surface area contributed by atoms with E-state index < -0.39 is 0 Å². The van der Waals surface area contributed by atoms with Crippen LogP contribution in [-0.2, 0) is 13.0 Å². The van der Waals surface area contributed by atoms with Crippen LogP contribution in [0.2, 0.25) is 0 Å². The molecule has 0 bridgehead atoms. The van der Waals surface area contributed by atoms with Crippen molar-refractivity contribution in [2.45, 2.75) is 26.3 Å². The first-order valence-electron chi connectivity index (χ1n) is 6.06. The van der Waals surface area contributed by atoms with E-state index in [-0.39, 0.29) is 6.61 Å². The molecule has 0 unspecified atom stereocenters. The summed E-state index contributed by atoms with van der Waals surface area (Å²) in [6.07, 6.45) is 5.74. The van der Waals surface area contributed by atoms with Crippen LogP contribution < -0.4 is 0 Å². The third-order valence-electron chi connectivity index (χ3n) is 2.80. The Morgan fingerprint density at radius 2 is 2.12 bits per heavy atom. The van der Waals surface area contributed by atoms with Crippen LogP contribution >= 0.6 is 0 Å². The average Bonchev–Trinajstić information content (AvgIpc) is 2.79. The molecule has 0 spiro atoms. The molecule has 0 saturated carbocycles. The van der Waals surface area contributed by atoms with Crippen LogP contribution in [0.4, 0.5) is 0 Å². The summed E-state index contributed by atoms with van der Waals surface area (Å²) in [5.74, 6) is 0. The number of hydrogen-bond donors (Lipinski definition) is 1. The van der Waals surface area contributed by atoms with Crippen LogP contribution in [0.3, 0.4) is 0 Å². The summed E-state index contributed by atoms with van der Waals surface area (Å²) in [5.41, 5.74) is 3.47. The lowest BCUT2D eigenvalue weighted by Crippen LogP contribution is -1.96. The van der Waals surface area contributed by atoms with E-state index in [2.05, 4.69) is 30.4 Å². The zero-order chi connectivity index (χ0) is 12.1. The maximum absolute atomic E-state index is 9.06. The topological polar surface area (TPSA) is 38.0 Å². The summed E-state index contributed by atoms with van der Waals surface area (Å²) >= 11 is 0. The SMILES string of the molecule is CCCn1cc(-c2ccccc2CCO)cn1. The first-order valence-corrected chi connectivity index (χ1v) is 6.06. The normalized spacial score (nSPS) is 10.7. The van der Waals surface area contributed by atoms with Crippen molar-refractivity contribution >= 4 is 0 Å². The van der Waals surface area contributed by atoms with Gasteiger partial charge in [0.25, 0.3) is 0 Å². The third-order valence-corrected chi connectivity index (χ3v) is 2.80.